The summed E-state index contributed by atoms with van der Waals surface area (Å²) in [7, 11) is 0. The van der Waals surface area contributed by atoms with Gasteiger partial charge in [-0.3, -0.25) is 0 Å². The molecule has 0 spiro atoms. The summed E-state index contributed by atoms with van der Waals surface area (Å²) < 4.78 is 0. The molecule has 0 aliphatic rings. The Hall–Kier alpha value is -1.43. The van der Waals surface area contributed by atoms with Crippen LogP contribution in [0.25, 0.3) is 4.85 Å². The summed E-state index contributed by atoms with van der Waals surface area (Å²) in [6.07, 6.45) is 0. The van der Waals surface area contributed by atoms with Crippen molar-refractivity contribution in [1.82, 2.24) is 10.2 Å². The van der Waals surface area contributed by atoms with Crippen LogP contribution in [0.1, 0.15) is 5.69 Å². The van der Waals surface area contributed by atoms with Gasteiger partial charge in [0.1, 0.15) is 0 Å². The van der Waals surface area contributed by atoms with Gasteiger partial charge in [0, 0.05) is 6.92 Å². The highest BCUT2D eigenvalue weighted by Crippen LogP contribution is 2.03. The summed E-state index contributed by atoms with van der Waals surface area (Å²) in [6.45, 7) is 11.7. The summed E-state index contributed by atoms with van der Waals surface area (Å²) >= 11 is 0. The summed E-state index contributed by atoms with van der Waals surface area (Å²) in [6, 6.07) is 3.07. The van der Waals surface area contributed by atoms with Crippen LogP contribution in [-0.4, -0.2) is 10.2 Å². The van der Waals surface area contributed by atoms with Crippen LogP contribution in [0, 0.1) is 13.5 Å². The molecular weight excluding hydrogens is 114 g/mol. The molecule has 0 saturated heterocycles. The first-order valence-corrected chi connectivity index (χ1v) is 2.29. The third kappa shape index (κ3) is 1.23. The molecule has 0 atom stereocenters. The minimum Gasteiger partial charge on any atom is -0.359 e. The number of hydrogen-bond acceptors (Lipinski definition) is 2. The number of nitrogens with zero attached hydrogens (tertiary/aromatic N) is 3. The van der Waals surface area contributed by atoms with Gasteiger partial charge in [-0.15, -0.1) is 0 Å². The zero-order valence-electron chi connectivity index (χ0n) is 4.57. The molecule has 0 fully saturated rings. The first-order chi connectivity index (χ1) is 4.33. The Morgan fingerprint density at radius 3 is 2.67 bits per heavy atom. The van der Waals surface area contributed by atoms with Crippen molar-refractivity contribution >= 4 is 5.82 Å². The smallest absolute Gasteiger partial charge is 0.296 e. The average molecular weight is 117 g/mol. The van der Waals surface area contributed by atoms with Crippen LogP contribution >= 0.6 is 0 Å². The Morgan fingerprint density at radius 1 is 1.44 bits per heavy atom. The molecular formula is C6H3N3. The molecule has 1 rings (SSSR count). The molecule has 1 aromatic heterocycles. The second-order valence-electron chi connectivity index (χ2n) is 1.43. The predicted molar refractivity (Wildman–Crippen MR) is 31.7 cm³/mol. The minimum atomic E-state index is 0.268. The van der Waals surface area contributed by atoms with Crippen molar-refractivity contribution in [3.05, 3.63) is 36.2 Å². The molecule has 0 aliphatic heterocycles. The summed E-state index contributed by atoms with van der Waals surface area (Å²) in [5.74, 6) is 0.268. The number of aromatic nitrogens is 2. The van der Waals surface area contributed by atoms with Gasteiger partial charge < -0.3 is 4.85 Å². The van der Waals surface area contributed by atoms with E-state index in [4.69, 9.17) is 13.5 Å². The molecule has 0 aromatic carbocycles. The van der Waals surface area contributed by atoms with Crippen LogP contribution in [0.4, 0.5) is 5.82 Å². The monoisotopic (exact) mass is 117 g/mol. The summed E-state index contributed by atoms with van der Waals surface area (Å²) in [5, 5.41) is 6.93. The van der Waals surface area contributed by atoms with E-state index in [2.05, 4.69) is 15.0 Å². The van der Waals surface area contributed by atoms with Gasteiger partial charge in [0.25, 0.3) is 5.82 Å². The highest BCUT2D eigenvalue weighted by Gasteiger charge is 1.91. The zero-order valence-corrected chi connectivity index (χ0v) is 4.57. The Labute approximate surface area is 53.2 Å². The quantitative estimate of drug-likeness (QED) is 0.476. The fraction of sp³-hybridized carbons (Fsp3) is 0. The molecule has 0 N–H and O–H groups in total. The van der Waals surface area contributed by atoms with Crippen molar-refractivity contribution < 1.29 is 0 Å². The molecule has 1 heterocycles. The van der Waals surface area contributed by atoms with E-state index in [-0.39, 0.29) is 5.82 Å². The molecule has 9 heavy (non-hydrogen) atoms. The van der Waals surface area contributed by atoms with Crippen molar-refractivity contribution in [1.29, 1.82) is 0 Å². The summed E-state index contributed by atoms with van der Waals surface area (Å²) in [5.41, 5.74) is 0.336. The maximum Gasteiger partial charge on any atom is 0.296 e. The average Bonchev–Trinajstić information content (AvgIpc) is 1.90. The Bertz CT molecular complexity index is 231. The second kappa shape index (κ2) is 2.23. The summed E-state index contributed by atoms with van der Waals surface area (Å²) in [4.78, 5) is 3.03. The maximum absolute atomic E-state index is 6.50. The molecule has 0 aliphatic carbocycles. The fourth-order valence-corrected chi connectivity index (χ4v) is 0.395. The van der Waals surface area contributed by atoms with E-state index in [1.54, 1.807) is 6.07 Å². The van der Waals surface area contributed by atoms with E-state index in [0.29, 0.717) is 5.69 Å². The molecule has 2 radical (unpaired) electrons. The lowest BCUT2D eigenvalue weighted by molar-refractivity contribution is 1.02. The van der Waals surface area contributed by atoms with Crippen molar-refractivity contribution in [3.63, 3.8) is 0 Å². The highest BCUT2D eigenvalue weighted by atomic mass is 15.1. The third-order valence-corrected chi connectivity index (χ3v) is 0.786. The van der Waals surface area contributed by atoms with Crippen LogP contribution < -0.4 is 0 Å². The first-order valence-electron chi connectivity index (χ1n) is 2.29. The van der Waals surface area contributed by atoms with E-state index in [1.807, 2.05) is 0 Å². The largest absolute Gasteiger partial charge is 0.359 e. The molecule has 0 saturated carbocycles. The topological polar surface area (TPSA) is 30.1 Å². The highest BCUT2D eigenvalue weighted by molar-refractivity contribution is 5.33. The maximum atomic E-state index is 6.50. The van der Waals surface area contributed by atoms with Crippen molar-refractivity contribution in [2.45, 2.75) is 0 Å². The van der Waals surface area contributed by atoms with Gasteiger partial charge in [0.15, 0.2) is 0 Å². The van der Waals surface area contributed by atoms with Crippen molar-refractivity contribution in [3.8, 4) is 0 Å². The van der Waals surface area contributed by atoms with E-state index in [9.17, 15) is 0 Å². The fourth-order valence-electron chi connectivity index (χ4n) is 0.395. The Balaban J connectivity index is 3.06. The van der Waals surface area contributed by atoms with Crippen LogP contribution in [-0.2, 0) is 0 Å². The predicted octanol–water partition coefficient (Wildman–Crippen LogP) is 1.09. The van der Waals surface area contributed by atoms with E-state index < -0.39 is 0 Å². The Kier molecular flexibility index (Phi) is 1.41. The lowest BCUT2D eigenvalue weighted by atomic mass is 10.4. The van der Waals surface area contributed by atoms with Gasteiger partial charge in [-0.25, -0.2) is 0 Å². The van der Waals surface area contributed by atoms with Gasteiger partial charge in [0.05, 0.1) is 5.69 Å². The number of rotatable bonds is 0. The second-order valence-corrected chi connectivity index (χ2v) is 1.43. The van der Waals surface area contributed by atoms with Crippen LogP contribution in [0.2, 0.25) is 0 Å². The molecule has 3 nitrogen and oxygen atoms in total. The van der Waals surface area contributed by atoms with Crippen molar-refractivity contribution in [2.75, 3.05) is 0 Å². The zero-order chi connectivity index (χ0) is 6.69. The van der Waals surface area contributed by atoms with E-state index >= 15 is 0 Å². The van der Waals surface area contributed by atoms with Gasteiger partial charge >= 0.3 is 0 Å². The van der Waals surface area contributed by atoms with E-state index in [1.165, 1.54) is 6.07 Å². The van der Waals surface area contributed by atoms with E-state index in [0.717, 1.165) is 0 Å². The number of hydrogen-bond donors (Lipinski definition) is 0. The SMILES string of the molecule is [C-]#[N+]c1ccc([CH])nn1. The van der Waals surface area contributed by atoms with Gasteiger partial charge in [0.2, 0.25) is 0 Å². The standard InChI is InChI=1S/C6H3N3/c1-5-3-4-6(7-2)9-8-5/h1,3-4H. The lowest BCUT2D eigenvalue weighted by Gasteiger charge is -1.83. The molecule has 0 bridgehead atoms. The van der Waals surface area contributed by atoms with Crippen molar-refractivity contribution in [2.24, 2.45) is 0 Å². The molecule has 42 valence electrons. The lowest BCUT2D eigenvalue weighted by Crippen LogP contribution is -1.81. The van der Waals surface area contributed by atoms with Gasteiger partial charge in [-0.2, -0.15) is 0 Å². The third-order valence-electron chi connectivity index (χ3n) is 0.786. The minimum absolute atomic E-state index is 0.268. The molecule has 0 amide bonds. The Morgan fingerprint density at radius 2 is 2.22 bits per heavy atom. The van der Waals surface area contributed by atoms with Gasteiger partial charge in [-0.05, 0) is 17.2 Å². The first kappa shape index (κ1) is 5.70. The van der Waals surface area contributed by atoms with Crippen LogP contribution in [0.3, 0.4) is 0 Å². The molecule has 1 aromatic rings. The van der Waals surface area contributed by atoms with Crippen LogP contribution in [0.15, 0.2) is 12.1 Å². The van der Waals surface area contributed by atoms with Crippen LogP contribution in [0.5, 0.6) is 0 Å². The molecule has 3 heteroatoms. The van der Waals surface area contributed by atoms with Gasteiger partial charge in [-0.1, -0.05) is 11.7 Å². The molecule has 0 unspecified atom stereocenters. The normalized spacial score (nSPS) is 8.44.